The maximum Gasteiger partial charge on any atom is 0.284 e. The van der Waals surface area contributed by atoms with Crippen LogP contribution < -0.4 is 0 Å². The molecular formula is C24H18N4O9. The molecule has 37 heavy (non-hydrogen) atoms. The first-order valence-electron chi connectivity index (χ1n) is 10.2. The van der Waals surface area contributed by atoms with Gasteiger partial charge in [0.05, 0.1) is 43.0 Å². The second kappa shape index (κ2) is 12.2. The Kier molecular flexibility index (Phi) is 9.15. The van der Waals surface area contributed by atoms with Gasteiger partial charge in [-0.15, -0.1) is 0 Å². The van der Waals surface area contributed by atoms with Gasteiger partial charge in [-0.1, -0.05) is 60.7 Å². The molecule has 188 valence electrons. The summed E-state index contributed by atoms with van der Waals surface area (Å²) in [6.07, 6.45) is 0. The Labute approximate surface area is 208 Å². The molecule has 4 aromatic rings. The van der Waals surface area contributed by atoms with E-state index in [-0.39, 0.29) is 28.2 Å². The summed E-state index contributed by atoms with van der Waals surface area (Å²) < 4.78 is 0. The van der Waals surface area contributed by atoms with Gasteiger partial charge in [0.2, 0.25) is 0 Å². The molecule has 0 spiro atoms. The molecule has 2 N–H and O–H groups in total. The lowest BCUT2D eigenvalue weighted by atomic mass is 10.0. The number of non-ortho nitro benzene ring substituents is 2. The summed E-state index contributed by atoms with van der Waals surface area (Å²) in [5, 5.41) is 43.1. The summed E-state index contributed by atoms with van der Waals surface area (Å²) in [4.78, 5) is 40.6. The standard InChI is InChI=1S/2C12H8N2O4.H2O/c2*15-13(16)10-6-7-11(12(8-10)14(17)18)9-4-2-1-3-5-9;/h2*1-8H;1H2. The average Bonchev–Trinajstić information content (AvgIpc) is 2.89. The van der Waals surface area contributed by atoms with Gasteiger partial charge in [0.25, 0.3) is 22.7 Å². The molecule has 0 fully saturated rings. The van der Waals surface area contributed by atoms with Gasteiger partial charge in [0.15, 0.2) is 0 Å². The van der Waals surface area contributed by atoms with Gasteiger partial charge in [0.1, 0.15) is 0 Å². The minimum atomic E-state index is -0.651. The molecule has 0 atom stereocenters. The maximum atomic E-state index is 11.0. The first-order chi connectivity index (χ1) is 17.2. The van der Waals surface area contributed by atoms with Crippen LogP contribution >= 0.6 is 0 Å². The Morgan fingerprint density at radius 1 is 0.432 bits per heavy atom. The van der Waals surface area contributed by atoms with Crippen LogP contribution in [0.2, 0.25) is 0 Å². The van der Waals surface area contributed by atoms with Gasteiger partial charge in [-0.3, -0.25) is 40.5 Å². The molecule has 13 nitrogen and oxygen atoms in total. The van der Waals surface area contributed by atoms with Crippen LogP contribution in [0.5, 0.6) is 0 Å². The van der Waals surface area contributed by atoms with Crippen molar-refractivity contribution in [2.24, 2.45) is 0 Å². The predicted octanol–water partition coefficient (Wildman–Crippen LogP) is 5.52. The Hall–Kier alpha value is -5.56. The van der Waals surface area contributed by atoms with Crippen molar-refractivity contribution in [2.75, 3.05) is 0 Å². The zero-order valence-electron chi connectivity index (χ0n) is 18.8. The summed E-state index contributed by atoms with van der Waals surface area (Å²) in [7, 11) is 0. The van der Waals surface area contributed by atoms with E-state index >= 15 is 0 Å². The second-order valence-electron chi connectivity index (χ2n) is 7.16. The van der Waals surface area contributed by atoms with Crippen LogP contribution in [0, 0.1) is 40.5 Å². The molecule has 0 aromatic heterocycles. The monoisotopic (exact) mass is 506 g/mol. The highest BCUT2D eigenvalue weighted by atomic mass is 16.6. The van der Waals surface area contributed by atoms with Crippen molar-refractivity contribution in [3.63, 3.8) is 0 Å². The number of benzene rings is 4. The number of rotatable bonds is 6. The largest absolute Gasteiger partial charge is 0.412 e. The van der Waals surface area contributed by atoms with Crippen LogP contribution in [0.4, 0.5) is 22.7 Å². The fourth-order valence-corrected chi connectivity index (χ4v) is 3.29. The normalized spacial score (nSPS) is 9.73. The molecule has 0 aliphatic heterocycles. The summed E-state index contributed by atoms with van der Waals surface area (Å²) in [5.41, 5.74) is 0.921. The third-order valence-corrected chi connectivity index (χ3v) is 4.95. The topological polar surface area (TPSA) is 204 Å². The van der Waals surface area contributed by atoms with Crippen molar-refractivity contribution in [2.45, 2.75) is 0 Å². The van der Waals surface area contributed by atoms with E-state index in [1.807, 2.05) is 0 Å². The van der Waals surface area contributed by atoms with Crippen molar-refractivity contribution in [1.29, 1.82) is 0 Å². The summed E-state index contributed by atoms with van der Waals surface area (Å²) in [5.74, 6) is 0. The molecule has 0 bridgehead atoms. The maximum absolute atomic E-state index is 11.0. The number of nitro groups is 4. The molecule has 0 saturated heterocycles. The van der Waals surface area contributed by atoms with Crippen molar-refractivity contribution in [3.05, 3.63) is 138 Å². The fraction of sp³-hybridized carbons (Fsp3) is 0. The minimum Gasteiger partial charge on any atom is -0.412 e. The van der Waals surface area contributed by atoms with E-state index in [0.29, 0.717) is 22.3 Å². The fourth-order valence-electron chi connectivity index (χ4n) is 3.29. The lowest BCUT2D eigenvalue weighted by molar-refractivity contribution is -0.394. The lowest BCUT2D eigenvalue weighted by Crippen LogP contribution is -1.95. The zero-order chi connectivity index (χ0) is 26.2. The number of hydrogen-bond acceptors (Lipinski definition) is 8. The molecular weight excluding hydrogens is 488 g/mol. The molecule has 0 unspecified atom stereocenters. The van der Waals surface area contributed by atoms with Gasteiger partial charge in [-0.05, 0) is 23.3 Å². The van der Waals surface area contributed by atoms with Crippen LogP contribution in [0.1, 0.15) is 0 Å². The first kappa shape index (κ1) is 27.7. The number of hydrogen-bond donors (Lipinski definition) is 0. The number of nitro benzene ring substituents is 4. The third-order valence-electron chi connectivity index (χ3n) is 4.95. The SMILES string of the molecule is O.O=[N+]([O-])c1ccc(-c2ccccc2)c([N+](=O)[O-])c1.O=[N+]([O-])c1ccc(-c2ccccc2)c([N+](=O)[O-])c1. The van der Waals surface area contributed by atoms with Gasteiger partial charge < -0.3 is 5.48 Å². The van der Waals surface area contributed by atoms with Crippen molar-refractivity contribution < 1.29 is 25.2 Å². The number of nitrogens with zero attached hydrogens (tertiary/aromatic N) is 4. The lowest BCUT2D eigenvalue weighted by Gasteiger charge is -2.02. The van der Waals surface area contributed by atoms with Crippen LogP contribution in [-0.2, 0) is 0 Å². The predicted molar refractivity (Wildman–Crippen MR) is 134 cm³/mol. The van der Waals surface area contributed by atoms with E-state index in [0.717, 1.165) is 12.1 Å². The second-order valence-corrected chi connectivity index (χ2v) is 7.16. The summed E-state index contributed by atoms with van der Waals surface area (Å²) in [6.45, 7) is 0. The van der Waals surface area contributed by atoms with Crippen LogP contribution in [-0.4, -0.2) is 25.2 Å². The van der Waals surface area contributed by atoms with E-state index in [1.165, 1.54) is 24.3 Å². The molecule has 0 radical (unpaired) electrons. The van der Waals surface area contributed by atoms with Gasteiger partial charge in [0, 0.05) is 12.1 Å². The molecule has 4 aromatic carbocycles. The van der Waals surface area contributed by atoms with Crippen molar-refractivity contribution >= 4 is 22.7 Å². The van der Waals surface area contributed by atoms with Crippen molar-refractivity contribution in [1.82, 2.24) is 0 Å². The van der Waals surface area contributed by atoms with Crippen molar-refractivity contribution in [3.8, 4) is 22.3 Å². The van der Waals surface area contributed by atoms with Crippen LogP contribution in [0.25, 0.3) is 22.3 Å². The molecule has 0 heterocycles. The van der Waals surface area contributed by atoms with Gasteiger partial charge in [-0.2, -0.15) is 0 Å². The summed E-state index contributed by atoms with van der Waals surface area (Å²) in [6, 6.07) is 24.7. The molecule has 4 rings (SSSR count). The average molecular weight is 506 g/mol. The van der Waals surface area contributed by atoms with E-state index in [2.05, 4.69) is 0 Å². The molecule has 0 amide bonds. The zero-order valence-corrected chi connectivity index (χ0v) is 18.8. The van der Waals surface area contributed by atoms with Crippen LogP contribution in [0.15, 0.2) is 97.1 Å². The van der Waals surface area contributed by atoms with E-state index in [1.54, 1.807) is 60.7 Å². The Morgan fingerprint density at radius 2 is 0.757 bits per heavy atom. The highest BCUT2D eigenvalue weighted by Crippen LogP contribution is 2.33. The Bertz CT molecular complexity index is 1330. The Balaban J connectivity index is 0.000000253. The smallest absolute Gasteiger partial charge is 0.284 e. The van der Waals surface area contributed by atoms with Gasteiger partial charge in [-0.25, -0.2) is 0 Å². The van der Waals surface area contributed by atoms with Gasteiger partial charge >= 0.3 is 0 Å². The minimum absolute atomic E-state index is 0. The molecule has 0 aliphatic rings. The molecule has 0 saturated carbocycles. The molecule has 0 aliphatic carbocycles. The Morgan fingerprint density at radius 3 is 1.03 bits per heavy atom. The summed E-state index contributed by atoms with van der Waals surface area (Å²) >= 11 is 0. The van der Waals surface area contributed by atoms with E-state index in [9.17, 15) is 40.5 Å². The highest BCUT2D eigenvalue weighted by molar-refractivity contribution is 5.76. The molecule has 13 heteroatoms. The van der Waals surface area contributed by atoms with Crippen LogP contribution in [0.3, 0.4) is 0 Å². The first-order valence-corrected chi connectivity index (χ1v) is 10.2. The van der Waals surface area contributed by atoms with E-state index in [4.69, 9.17) is 0 Å². The highest BCUT2D eigenvalue weighted by Gasteiger charge is 2.21. The van der Waals surface area contributed by atoms with E-state index < -0.39 is 19.7 Å². The quantitative estimate of drug-likeness (QED) is 0.240. The third kappa shape index (κ3) is 6.74.